The van der Waals surface area contributed by atoms with Crippen molar-refractivity contribution in [3.8, 4) is 44.8 Å². The Balaban J connectivity index is 1.48. The maximum atomic E-state index is 13.9. The molecule has 2 aromatic heterocycles. The lowest BCUT2D eigenvalue weighted by Crippen LogP contribution is -2.19. The number of hydrogen-bond acceptors (Lipinski definition) is 3. The Morgan fingerprint density at radius 1 is 0.509 bits per heavy atom. The van der Waals surface area contributed by atoms with Gasteiger partial charge in [-0.1, -0.05) is 86.2 Å². The van der Waals surface area contributed by atoms with Crippen molar-refractivity contribution >= 4 is 46.4 Å². The number of rotatable bonds is 12. The first-order valence-electron chi connectivity index (χ1n) is 17.5. The third-order valence-electron chi connectivity index (χ3n) is 8.95. The fraction of sp³-hybridized carbons (Fsp3) is 0.227. The maximum Gasteiger partial charge on any atom is 0.123 e. The molecule has 0 bridgehead atoms. The minimum absolute atomic E-state index is 0.303. The summed E-state index contributed by atoms with van der Waals surface area (Å²) in [5.74, 6) is -0.0148. The Bertz CT molecular complexity index is 2080. The van der Waals surface area contributed by atoms with Crippen molar-refractivity contribution in [2.75, 3.05) is 0 Å². The van der Waals surface area contributed by atoms with Crippen molar-refractivity contribution in [1.82, 2.24) is 15.3 Å². The molecule has 9 heteroatoms. The Kier molecular flexibility index (Phi) is 12.5. The van der Waals surface area contributed by atoms with Gasteiger partial charge in [-0.15, -0.1) is 0 Å². The van der Waals surface area contributed by atoms with Crippen LogP contribution in [0.5, 0.6) is 0 Å². The van der Waals surface area contributed by atoms with E-state index in [0.29, 0.717) is 57.9 Å². The molecular formula is C44H39Cl4F2N3. The largest absolute Gasteiger partial charge is 0.308 e. The SMILES string of the molecule is CC(C)Cc1nc(-c2ccc(F)cc2)cc(-c2ccc(Cl)cc2Cl)c1CNCc1c(-c2ccc(Cl)cc2Cl)cc(-c2ccc(F)cc2)nc1CC(C)C. The van der Waals surface area contributed by atoms with E-state index >= 15 is 0 Å². The molecule has 0 aliphatic rings. The van der Waals surface area contributed by atoms with Crippen LogP contribution in [0.2, 0.25) is 20.1 Å². The van der Waals surface area contributed by atoms with E-state index in [0.717, 1.165) is 67.3 Å². The highest BCUT2D eigenvalue weighted by Crippen LogP contribution is 2.39. The molecule has 0 spiro atoms. The van der Waals surface area contributed by atoms with Crippen LogP contribution in [0.15, 0.2) is 97.1 Å². The van der Waals surface area contributed by atoms with Crippen LogP contribution in [0.1, 0.15) is 50.2 Å². The normalized spacial score (nSPS) is 11.5. The zero-order valence-electron chi connectivity index (χ0n) is 29.9. The molecule has 0 unspecified atom stereocenters. The lowest BCUT2D eigenvalue weighted by molar-refractivity contribution is 0.608. The lowest BCUT2D eigenvalue weighted by Gasteiger charge is -2.22. The van der Waals surface area contributed by atoms with Crippen molar-refractivity contribution < 1.29 is 8.78 Å². The van der Waals surface area contributed by atoms with E-state index in [-0.39, 0.29) is 11.6 Å². The first-order valence-corrected chi connectivity index (χ1v) is 19.1. The van der Waals surface area contributed by atoms with Gasteiger partial charge in [0.05, 0.1) is 11.4 Å². The van der Waals surface area contributed by atoms with Crippen LogP contribution in [-0.4, -0.2) is 9.97 Å². The molecule has 0 saturated carbocycles. The predicted molar refractivity (Wildman–Crippen MR) is 218 cm³/mol. The van der Waals surface area contributed by atoms with Gasteiger partial charge in [-0.05, 0) is 132 Å². The topological polar surface area (TPSA) is 37.8 Å². The molecule has 0 aliphatic carbocycles. The summed E-state index contributed by atoms with van der Waals surface area (Å²) in [6, 6.07) is 27.8. The Morgan fingerprint density at radius 2 is 0.887 bits per heavy atom. The summed E-state index contributed by atoms with van der Waals surface area (Å²) < 4.78 is 27.9. The molecule has 2 heterocycles. The number of nitrogens with one attached hydrogen (secondary N) is 1. The molecule has 0 fully saturated rings. The van der Waals surface area contributed by atoms with Gasteiger partial charge in [0, 0.05) is 66.8 Å². The van der Waals surface area contributed by atoms with E-state index in [4.69, 9.17) is 56.4 Å². The number of aromatic nitrogens is 2. The smallest absolute Gasteiger partial charge is 0.123 e. The quantitative estimate of drug-likeness (QED) is 0.134. The summed E-state index contributed by atoms with van der Waals surface area (Å²) >= 11 is 26.4. The van der Waals surface area contributed by atoms with E-state index in [1.54, 1.807) is 36.4 Å². The van der Waals surface area contributed by atoms with Crippen LogP contribution in [0, 0.1) is 23.5 Å². The van der Waals surface area contributed by atoms with Gasteiger partial charge in [-0.3, -0.25) is 9.97 Å². The molecule has 0 amide bonds. The number of benzene rings is 4. The summed E-state index contributed by atoms with van der Waals surface area (Å²) in [7, 11) is 0. The van der Waals surface area contributed by atoms with Crippen molar-refractivity contribution in [3.05, 3.63) is 151 Å². The van der Waals surface area contributed by atoms with E-state index in [1.165, 1.54) is 24.3 Å². The van der Waals surface area contributed by atoms with Gasteiger partial charge in [-0.25, -0.2) is 8.78 Å². The minimum Gasteiger partial charge on any atom is -0.308 e. The Hall–Kier alpha value is -3.84. The van der Waals surface area contributed by atoms with E-state index in [9.17, 15) is 8.78 Å². The second-order valence-corrected chi connectivity index (χ2v) is 15.7. The maximum absolute atomic E-state index is 13.9. The third-order valence-corrected chi connectivity index (χ3v) is 10.0. The molecule has 6 aromatic rings. The molecule has 4 aromatic carbocycles. The zero-order chi connectivity index (χ0) is 37.8. The monoisotopic (exact) mass is 787 g/mol. The first-order chi connectivity index (χ1) is 25.4. The molecule has 1 N–H and O–H groups in total. The number of hydrogen-bond donors (Lipinski definition) is 1. The average Bonchev–Trinajstić information content (AvgIpc) is 3.09. The molecule has 6 rings (SSSR count). The molecule has 0 atom stereocenters. The average molecular weight is 790 g/mol. The number of pyridine rings is 2. The van der Waals surface area contributed by atoms with Crippen LogP contribution in [0.4, 0.5) is 8.78 Å². The second-order valence-electron chi connectivity index (χ2n) is 14.0. The molecule has 0 saturated heterocycles. The Labute approximate surface area is 330 Å². The van der Waals surface area contributed by atoms with Crippen LogP contribution >= 0.6 is 46.4 Å². The van der Waals surface area contributed by atoms with Crippen molar-refractivity contribution in [1.29, 1.82) is 0 Å². The standard InChI is InChI=1S/C44H39Cl4F2N3/c1-25(2)17-43-37(35(33-15-9-29(45)19-39(33)47)21-41(52-43)27-5-11-31(49)12-6-27)23-51-24-38-36(34-16-10-30(46)20-40(34)48)22-42(53-44(38)18-26(3)4)28-7-13-32(50)14-8-28/h5-16,19-22,25-26,51H,17-18,23-24H2,1-4H3. The zero-order valence-corrected chi connectivity index (χ0v) is 32.9. The van der Waals surface area contributed by atoms with E-state index in [1.807, 2.05) is 36.4 Å². The summed E-state index contributed by atoms with van der Waals surface area (Å²) in [6.07, 6.45) is 1.42. The summed E-state index contributed by atoms with van der Waals surface area (Å²) in [4.78, 5) is 10.3. The number of halogens is 6. The van der Waals surface area contributed by atoms with Crippen LogP contribution in [0.25, 0.3) is 44.8 Å². The van der Waals surface area contributed by atoms with E-state index < -0.39 is 0 Å². The summed E-state index contributed by atoms with van der Waals surface area (Å²) in [5.41, 5.74) is 10.4. The highest BCUT2D eigenvalue weighted by Gasteiger charge is 2.21. The molecule has 0 aliphatic heterocycles. The van der Waals surface area contributed by atoms with Gasteiger partial charge in [-0.2, -0.15) is 0 Å². The van der Waals surface area contributed by atoms with Gasteiger partial charge in [0.2, 0.25) is 0 Å². The number of nitrogens with zero attached hydrogens (tertiary/aromatic N) is 2. The van der Waals surface area contributed by atoms with Gasteiger partial charge in [0.25, 0.3) is 0 Å². The molecule has 272 valence electrons. The highest BCUT2D eigenvalue weighted by molar-refractivity contribution is 6.37. The fourth-order valence-corrected chi connectivity index (χ4v) is 7.52. The van der Waals surface area contributed by atoms with Gasteiger partial charge >= 0.3 is 0 Å². The second kappa shape index (κ2) is 17.1. The molecule has 3 nitrogen and oxygen atoms in total. The highest BCUT2D eigenvalue weighted by atomic mass is 35.5. The third kappa shape index (κ3) is 9.46. The Morgan fingerprint density at radius 3 is 1.23 bits per heavy atom. The van der Waals surface area contributed by atoms with Gasteiger partial charge in [0.15, 0.2) is 0 Å². The molecule has 0 radical (unpaired) electrons. The van der Waals surface area contributed by atoms with Crippen molar-refractivity contribution in [2.45, 2.75) is 53.6 Å². The van der Waals surface area contributed by atoms with Crippen molar-refractivity contribution in [3.63, 3.8) is 0 Å². The van der Waals surface area contributed by atoms with Crippen LogP contribution in [-0.2, 0) is 25.9 Å². The minimum atomic E-state index is -0.311. The first kappa shape index (κ1) is 38.9. The van der Waals surface area contributed by atoms with Crippen molar-refractivity contribution in [2.24, 2.45) is 11.8 Å². The van der Waals surface area contributed by atoms with Gasteiger partial charge in [0.1, 0.15) is 11.6 Å². The van der Waals surface area contributed by atoms with Gasteiger partial charge < -0.3 is 5.32 Å². The van der Waals surface area contributed by atoms with E-state index in [2.05, 4.69) is 33.0 Å². The lowest BCUT2D eigenvalue weighted by atomic mass is 9.92. The summed E-state index contributed by atoms with van der Waals surface area (Å²) in [6.45, 7) is 9.56. The molecular weight excluding hydrogens is 750 g/mol. The van der Waals surface area contributed by atoms with Crippen LogP contribution < -0.4 is 5.32 Å². The molecule has 53 heavy (non-hydrogen) atoms. The van der Waals surface area contributed by atoms with Crippen LogP contribution in [0.3, 0.4) is 0 Å². The predicted octanol–water partition coefficient (Wildman–Crippen LogP) is 13.7. The summed E-state index contributed by atoms with van der Waals surface area (Å²) in [5, 5.41) is 5.86. The fourth-order valence-electron chi connectivity index (χ4n) is 6.50.